The quantitative estimate of drug-likeness (QED) is 0.615. The van der Waals surface area contributed by atoms with E-state index in [9.17, 15) is 32.3 Å². The summed E-state index contributed by atoms with van der Waals surface area (Å²) in [5, 5.41) is 0. The molecular weight excluding hydrogens is 505 g/mol. The van der Waals surface area contributed by atoms with Gasteiger partial charge >= 0.3 is 12.3 Å². The van der Waals surface area contributed by atoms with Crippen molar-refractivity contribution in [2.24, 2.45) is 5.73 Å². The van der Waals surface area contributed by atoms with Crippen LogP contribution < -0.4 is 5.73 Å². The first-order chi connectivity index (χ1) is 17.9. The van der Waals surface area contributed by atoms with Crippen molar-refractivity contribution in [3.8, 4) is 0 Å². The third-order valence-electron chi connectivity index (χ3n) is 6.52. The second kappa shape index (κ2) is 10.7. The molecule has 0 saturated carbocycles. The lowest BCUT2D eigenvalue weighted by Crippen LogP contribution is -2.71. The van der Waals surface area contributed by atoms with Crippen molar-refractivity contribution >= 4 is 23.8 Å². The van der Waals surface area contributed by atoms with Gasteiger partial charge in [-0.1, -0.05) is 42.0 Å². The highest BCUT2D eigenvalue weighted by Crippen LogP contribution is 2.31. The summed E-state index contributed by atoms with van der Waals surface area (Å²) in [6, 6.07) is 11.3. The molecule has 12 heteroatoms. The van der Waals surface area contributed by atoms with E-state index < -0.39 is 60.8 Å². The Morgan fingerprint density at radius 3 is 2.45 bits per heavy atom. The lowest BCUT2D eigenvalue weighted by Gasteiger charge is -2.51. The number of halogens is 3. The Bertz CT molecular complexity index is 1240. The number of fused-ring (bicyclic) bond motifs is 1. The summed E-state index contributed by atoms with van der Waals surface area (Å²) in [5.41, 5.74) is 5.85. The van der Waals surface area contributed by atoms with Crippen LogP contribution in [-0.4, -0.2) is 63.8 Å². The number of carbonyl (C=O) groups excluding carboxylic acids is 4. The van der Waals surface area contributed by atoms with Gasteiger partial charge in [-0.3, -0.25) is 19.3 Å². The number of hydrogen-bond donors (Lipinski definition) is 1. The number of alkyl halides is 3. The summed E-state index contributed by atoms with van der Waals surface area (Å²) in [6.07, 6.45) is -6.87. The standard InChI is InChI=1S/C26H27F3N4O5/c1-16-9-18(11-19(10-16)26(27,28)29)15-38-25(37)32-8-7-23(35)33-20(12-21(30)34)24(36)31(14-22(32)33)13-17-5-3-2-4-6-17/h2-6,9-11,20,22H,7-8,12-15H2,1H3,(H2,30,34)/t20-,22+/m0/s1. The number of carbonyl (C=O) groups is 4. The van der Waals surface area contributed by atoms with Gasteiger partial charge in [-0.25, -0.2) is 4.79 Å². The monoisotopic (exact) mass is 532 g/mol. The van der Waals surface area contributed by atoms with Crippen LogP contribution in [0.1, 0.15) is 35.1 Å². The molecule has 0 aromatic heterocycles. The lowest BCUT2D eigenvalue weighted by molar-refractivity contribution is -0.169. The Balaban J connectivity index is 1.56. The SMILES string of the molecule is Cc1cc(COC(=O)N2CCC(=O)N3[C@@H]2CN(Cc2ccccc2)C(=O)[C@@H]3CC(N)=O)cc(C(F)(F)F)c1. The second-order valence-corrected chi connectivity index (χ2v) is 9.38. The Kier molecular flexibility index (Phi) is 7.61. The molecule has 2 saturated heterocycles. The fourth-order valence-electron chi connectivity index (χ4n) is 4.87. The fraction of sp³-hybridized carbons (Fsp3) is 0.385. The van der Waals surface area contributed by atoms with Crippen molar-refractivity contribution in [1.29, 1.82) is 0 Å². The van der Waals surface area contributed by atoms with E-state index in [-0.39, 0.29) is 31.6 Å². The molecule has 2 N–H and O–H groups in total. The molecule has 2 aromatic rings. The van der Waals surface area contributed by atoms with Crippen molar-refractivity contribution in [1.82, 2.24) is 14.7 Å². The van der Waals surface area contributed by atoms with E-state index in [1.807, 2.05) is 18.2 Å². The topological polar surface area (TPSA) is 113 Å². The van der Waals surface area contributed by atoms with Crippen molar-refractivity contribution < 1.29 is 37.1 Å². The number of hydrogen-bond acceptors (Lipinski definition) is 5. The minimum Gasteiger partial charge on any atom is -0.444 e. The highest BCUT2D eigenvalue weighted by Gasteiger charge is 2.49. The first-order valence-electron chi connectivity index (χ1n) is 12.0. The molecule has 202 valence electrons. The molecule has 0 bridgehead atoms. The molecule has 0 unspecified atom stereocenters. The lowest BCUT2D eigenvalue weighted by atomic mass is 10.0. The highest BCUT2D eigenvalue weighted by molar-refractivity contribution is 5.93. The first-order valence-corrected chi connectivity index (χ1v) is 12.0. The Morgan fingerprint density at radius 2 is 1.79 bits per heavy atom. The minimum atomic E-state index is -4.55. The molecule has 4 rings (SSSR count). The predicted molar refractivity (Wildman–Crippen MR) is 128 cm³/mol. The second-order valence-electron chi connectivity index (χ2n) is 9.38. The number of rotatable bonds is 6. The molecule has 2 aromatic carbocycles. The maximum absolute atomic E-state index is 13.3. The molecule has 0 aliphatic carbocycles. The van der Waals surface area contributed by atoms with Gasteiger partial charge in [-0.15, -0.1) is 0 Å². The van der Waals surface area contributed by atoms with Gasteiger partial charge in [-0.05, 0) is 30.2 Å². The van der Waals surface area contributed by atoms with Gasteiger partial charge < -0.3 is 20.3 Å². The zero-order valence-corrected chi connectivity index (χ0v) is 20.6. The molecule has 2 heterocycles. The number of benzene rings is 2. The number of aryl methyl sites for hydroxylation is 1. The van der Waals surface area contributed by atoms with Gasteiger partial charge in [0.25, 0.3) is 0 Å². The number of piperazine rings is 1. The average Bonchev–Trinajstić information content (AvgIpc) is 2.85. The van der Waals surface area contributed by atoms with Gasteiger partial charge in [0, 0.05) is 19.5 Å². The maximum atomic E-state index is 13.3. The van der Waals surface area contributed by atoms with E-state index in [1.54, 1.807) is 12.1 Å². The number of nitrogens with two attached hydrogens (primary N) is 1. The van der Waals surface area contributed by atoms with Gasteiger partial charge in [0.15, 0.2) is 0 Å². The summed E-state index contributed by atoms with van der Waals surface area (Å²) in [7, 11) is 0. The average molecular weight is 533 g/mol. The van der Waals surface area contributed by atoms with Crippen LogP contribution in [-0.2, 0) is 38.4 Å². The third-order valence-corrected chi connectivity index (χ3v) is 6.52. The number of ether oxygens (including phenoxy) is 1. The van der Waals surface area contributed by atoms with E-state index in [1.165, 1.54) is 27.7 Å². The number of primary amides is 1. The van der Waals surface area contributed by atoms with Crippen LogP contribution in [0.15, 0.2) is 48.5 Å². The predicted octanol–water partition coefficient (Wildman–Crippen LogP) is 2.80. The van der Waals surface area contributed by atoms with E-state index >= 15 is 0 Å². The summed E-state index contributed by atoms with van der Waals surface area (Å²) >= 11 is 0. The van der Waals surface area contributed by atoms with Crippen LogP contribution >= 0.6 is 0 Å². The fourth-order valence-corrected chi connectivity index (χ4v) is 4.87. The highest BCUT2D eigenvalue weighted by atomic mass is 19.4. The smallest absolute Gasteiger partial charge is 0.416 e. The summed E-state index contributed by atoms with van der Waals surface area (Å²) in [5.74, 6) is -1.66. The normalized spacial score (nSPS) is 19.8. The zero-order valence-electron chi connectivity index (χ0n) is 20.6. The van der Waals surface area contributed by atoms with Gasteiger partial charge in [0.2, 0.25) is 17.7 Å². The molecule has 9 nitrogen and oxygen atoms in total. The Hall–Kier alpha value is -4.09. The van der Waals surface area contributed by atoms with Crippen LogP contribution in [0.3, 0.4) is 0 Å². The summed E-state index contributed by atoms with van der Waals surface area (Å²) in [6.45, 7) is 1.22. The molecule has 2 aliphatic heterocycles. The van der Waals surface area contributed by atoms with Crippen molar-refractivity contribution in [3.05, 3.63) is 70.8 Å². The largest absolute Gasteiger partial charge is 0.444 e. The van der Waals surface area contributed by atoms with Gasteiger partial charge in [-0.2, -0.15) is 13.2 Å². The summed E-state index contributed by atoms with van der Waals surface area (Å²) < 4.78 is 44.9. The molecule has 2 atom stereocenters. The molecule has 38 heavy (non-hydrogen) atoms. The third kappa shape index (κ3) is 5.90. The number of amides is 4. The van der Waals surface area contributed by atoms with Crippen molar-refractivity contribution in [2.45, 2.75) is 51.3 Å². The molecule has 2 fully saturated rings. The van der Waals surface area contributed by atoms with E-state index in [0.29, 0.717) is 5.56 Å². The Morgan fingerprint density at radius 1 is 1.08 bits per heavy atom. The van der Waals surface area contributed by atoms with E-state index in [4.69, 9.17) is 10.5 Å². The molecule has 0 radical (unpaired) electrons. The zero-order chi connectivity index (χ0) is 27.6. The van der Waals surface area contributed by atoms with Crippen molar-refractivity contribution in [3.63, 3.8) is 0 Å². The van der Waals surface area contributed by atoms with Crippen LogP contribution in [0.5, 0.6) is 0 Å². The van der Waals surface area contributed by atoms with Crippen LogP contribution in [0.25, 0.3) is 0 Å². The summed E-state index contributed by atoms with van der Waals surface area (Å²) in [4.78, 5) is 55.0. The first kappa shape index (κ1) is 27.0. The molecule has 4 amide bonds. The van der Waals surface area contributed by atoms with E-state index in [2.05, 4.69) is 0 Å². The van der Waals surface area contributed by atoms with E-state index in [0.717, 1.165) is 17.7 Å². The molecular formula is C26H27F3N4O5. The van der Waals surface area contributed by atoms with Crippen LogP contribution in [0.2, 0.25) is 0 Å². The van der Waals surface area contributed by atoms with Crippen LogP contribution in [0.4, 0.5) is 18.0 Å². The molecule has 2 aliphatic rings. The Labute approximate surface area is 216 Å². The van der Waals surface area contributed by atoms with Gasteiger partial charge in [0.05, 0.1) is 18.5 Å². The van der Waals surface area contributed by atoms with Gasteiger partial charge in [0.1, 0.15) is 18.8 Å². The molecule has 0 spiro atoms. The van der Waals surface area contributed by atoms with Crippen molar-refractivity contribution in [2.75, 3.05) is 13.1 Å². The minimum absolute atomic E-state index is 0.0168. The van der Waals surface area contributed by atoms with Crippen LogP contribution in [0, 0.1) is 6.92 Å². The number of nitrogens with zero attached hydrogens (tertiary/aromatic N) is 3. The maximum Gasteiger partial charge on any atom is 0.416 e.